The molecule has 2 N–H and O–H groups in total. The van der Waals surface area contributed by atoms with Gasteiger partial charge in [-0.3, -0.25) is 0 Å². The number of carbonyl (C=O) groups is 1. The second-order valence-electron chi connectivity index (χ2n) is 8.21. The first-order valence-corrected chi connectivity index (χ1v) is 11.6. The Kier molecular flexibility index (Phi) is 6.61. The number of amides is 1. The number of likely N-dealkylation sites (tertiary alicyclic amines) is 1. The van der Waals surface area contributed by atoms with Crippen molar-refractivity contribution >= 4 is 23.7 Å². The highest BCUT2D eigenvalue weighted by molar-refractivity contribution is 7.99. The van der Waals surface area contributed by atoms with E-state index >= 15 is 0 Å². The molecular formula is C20H29N7O2S. The van der Waals surface area contributed by atoms with Gasteiger partial charge < -0.3 is 25.1 Å². The highest BCUT2D eigenvalue weighted by atomic mass is 32.2. The van der Waals surface area contributed by atoms with Gasteiger partial charge in [0.2, 0.25) is 0 Å². The summed E-state index contributed by atoms with van der Waals surface area (Å²) in [4.78, 5) is 27.3. The number of nitriles is 1. The van der Waals surface area contributed by atoms with E-state index in [1.54, 1.807) is 11.8 Å². The van der Waals surface area contributed by atoms with Crippen molar-refractivity contribution in [1.29, 1.82) is 5.26 Å². The number of carboxylic acid groups (broad SMARTS) is 1. The zero-order chi connectivity index (χ0) is 21.1. The van der Waals surface area contributed by atoms with Crippen LogP contribution in [-0.4, -0.2) is 88.6 Å². The molecule has 0 aromatic carbocycles. The van der Waals surface area contributed by atoms with E-state index in [-0.39, 0.29) is 12.5 Å². The number of rotatable bonds is 5. The molecule has 0 spiro atoms. The first-order valence-electron chi connectivity index (χ1n) is 10.6. The van der Waals surface area contributed by atoms with Crippen LogP contribution in [0.2, 0.25) is 0 Å². The van der Waals surface area contributed by atoms with Crippen LogP contribution in [0.1, 0.15) is 30.5 Å². The lowest BCUT2D eigenvalue weighted by Crippen LogP contribution is -2.55. The lowest BCUT2D eigenvalue weighted by atomic mass is 10.0. The number of nitrogens with one attached hydrogen (secondary N) is 1. The van der Waals surface area contributed by atoms with E-state index in [0.717, 1.165) is 54.0 Å². The molecule has 1 amide bonds. The number of thioether (sulfide) groups is 1. The van der Waals surface area contributed by atoms with E-state index in [1.165, 1.54) is 17.7 Å². The van der Waals surface area contributed by atoms with E-state index in [0.29, 0.717) is 25.7 Å². The van der Waals surface area contributed by atoms with Crippen molar-refractivity contribution in [2.45, 2.75) is 49.5 Å². The predicted molar refractivity (Wildman–Crippen MR) is 115 cm³/mol. The smallest absolute Gasteiger partial charge is 0.407 e. The first-order chi connectivity index (χ1) is 14.6. The molecule has 9 nitrogen and oxygen atoms in total. The van der Waals surface area contributed by atoms with E-state index in [1.807, 2.05) is 0 Å². The van der Waals surface area contributed by atoms with Gasteiger partial charge in [0.15, 0.2) is 5.16 Å². The number of nitrogens with zero attached hydrogens (tertiary/aromatic N) is 6. The summed E-state index contributed by atoms with van der Waals surface area (Å²) in [7, 11) is 2.18. The molecule has 3 aliphatic heterocycles. The van der Waals surface area contributed by atoms with Gasteiger partial charge in [0.1, 0.15) is 5.82 Å². The van der Waals surface area contributed by atoms with Gasteiger partial charge in [0.25, 0.3) is 0 Å². The Labute approximate surface area is 181 Å². The molecule has 0 bridgehead atoms. The number of hydrogen-bond acceptors (Lipinski definition) is 8. The van der Waals surface area contributed by atoms with Crippen LogP contribution in [-0.2, 0) is 13.0 Å². The molecule has 2 atom stereocenters. The van der Waals surface area contributed by atoms with Gasteiger partial charge in [0.05, 0.1) is 24.2 Å². The van der Waals surface area contributed by atoms with Crippen molar-refractivity contribution in [3.63, 3.8) is 0 Å². The van der Waals surface area contributed by atoms with Crippen molar-refractivity contribution in [2.24, 2.45) is 0 Å². The topological polar surface area (TPSA) is 109 Å². The Morgan fingerprint density at radius 1 is 1.33 bits per heavy atom. The van der Waals surface area contributed by atoms with Gasteiger partial charge >= 0.3 is 6.09 Å². The molecule has 4 rings (SSSR count). The van der Waals surface area contributed by atoms with E-state index in [2.05, 4.69) is 28.2 Å². The van der Waals surface area contributed by atoms with Crippen molar-refractivity contribution in [2.75, 3.05) is 50.4 Å². The second kappa shape index (κ2) is 9.37. The maximum atomic E-state index is 11.6. The maximum Gasteiger partial charge on any atom is 0.407 e. The fraction of sp³-hybridized carbons (Fsp3) is 0.700. The number of aromatic nitrogens is 2. The average molecular weight is 432 g/mol. The second-order valence-corrected chi connectivity index (χ2v) is 9.19. The summed E-state index contributed by atoms with van der Waals surface area (Å²) in [6, 6.07) is 2.37. The largest absolute Gasteiger partial charge is 0.465 e. The van der Waals surface area contributed by atoms with E-state index in [4.69, 9.17) is 9.97 Å². The summed E-state index contributed by atoms with van der Waals surface area (Å²) in [5, 5.41) is 22.9. The third-order valence-corrected chi connectivity index (χ3v) is 7.32. The van der Waals surface area contributed by atoms with Crippen LogP contribution in [0.4, 0.5) is 10.6 Å². The van der Waals surface area contributed by atoms with Crippen molar-refractivity contribution in [3.8, 4) is 6.07 Å². The van der Waals surface area contributed by atoms with Crippen LogP contribution in [0, 0.1) is 11.3 Å². The van der Waals surface area contributed by atoms with Crippen molar-refractivity contribution in [3.05, 3.63) is 11.3 Å². The molecular weight excluding hydrogens is 402 g/mol. The van der Waals surface area contributed by atoms with Crippen molar-refractivity contribution in [1.82, 2.24) is 25.1 Å². The molecule has 0 saturated carbocycles. The molecule has 30 heavy (non-hydrogen) atoms. The zero-order valence-electron chi connectivity index (χ0n) is 17.4. The van der Waals surface area contributed by atoms with Crippen LogP contribution in [0.5, 0.6) is 0 Å². The fourth-order valence-electron chi connectivity index (χ4n) is 4.58. The molecule has 2 saturated heterocycles. The molecule has 1 aromatic rings. The fourth-order valence-corrected chi connectivity index (χ4v) is 5.67. The predicted octanol–water partition coefficient (Wildman–Crippen LogP) is 1.39. The summed E-state index contributed by atoms with van der Waals surface area (Å²) in [5.74, 6) is 1.91. The molecule has 0 unspecified atom stereocenters. The molecule has 10 heteroatoms. The third-order valence-electron chi connectivity index (χ3n) is 6.33. The Hall–Kier alpha value is -2.09. The van der Waals surface area contributed by atoms with Crippen LogP contribution in [0.15, 0.2) is 5.16 Å². The first kappa shape index (κ1) is 21.2. The van der Waals surface area contributed by atoms with Crippen LogP contribution >= 0.6 is 11.8 Å². The Morgan fingerprint density at radius 2 is 2.20 bits per heavy atom. The quantitative estimate of drug-likeness (QED) is 0.528. The summed E-state index contributed by atoms with van der Waals surface area (Å²) >= 11 is 1.71. The normalized spacial score (nSPS) is 24.5. The van der Waals surface area contributed by atoms with Gasteiger partial charge in [-0.1, -0.05) is 11.8 Å². The number of anilines is 1. The number of piperazine rings is 1. The van der Waals surface area contributed by atoms with Gasteiger partial charge in [-0.25, -0.2) is 14.8 Å². The summed E-state index contributed by atoms with van der Waals surface area (Å²) < 4.78 is 0. The van der Waals surface area contributed by atoms with Crippen LogP contribution in [0.25, 0.3) is 0 Å². The summed E-state index contributed by atoms with van der Waals surface area (Å²) in [5.41, 5.74) is 2.21. The highest BCUT2D eigenvalue weighted by Crippen LogP contribution is 2.30. The van der Waals surface area contributed by atoms with Crippen LogP contribution < -0.4 is 10.2 Å². The Morgan fingerprint density at radius 3 is 2.93 bits per heavy atom. The molecule has 1 aromatic heterocycles. The molecule has 2 fully saturated rings. The zero-order valence-corrected chi connectivity index (χ0v) is 18.2. The summed E-state index contributed by atoms with van der Waals surface area (Å²) in [6.45, 7) is 4.23. The average Bonchev–Trinajstić information content (AvgIpc) is 3.16. The maximum absolute atomic E-state index is 11.6. The Balaban J connectivity index is 1.56. The minimum atomic E-state index is -0.958. The lowest BCUT2D eigenvalue weighted by molar-refractivity contribution is 0.119. The van der Waals surface area contributed by atoms with E-state index in [9.17, 15) is 15.2 Å². The van der Waals surface area contributed by atoms with Gasteiger partial charge in [0, 0.05) is 43.5 Å². The molecule has 0 radical (unpaired) electrons. The third kappa shape index (κ3) is 4.48. The highest BCUT2D eigenvalue weighted by Gasteiger charge is 2.33. The van der Waals surface area contributed by atoms with Gasteiger partial charge in [-0.2, -0.15) is 5.26 Å². The standard InChI is InChI=1S/C20H29N7O2S/c1-25-8-2-3-15(25)13-30-19-23-17-11-22-7-5-16(17)18(24-19)26-9-10-27(20(28)29)14(12-26)4-6-21/h14-15,22H,2-5,7-13H2,1H3,(H,28,29)/t14-,15-/m0/s1. The monoisotopic (exact) mass is 431 g/mol. The minimum absolute atomic E-state index is 0.188. The van der Waals surface area contributed by atoms with Gasteiger partial charge in [-0.15, -0.1) is 0 Å². The minimum Gasteiger partial charge on any atom is -0.465 e. The molecule has 4 heterocycles. The lowest BCUT2D eigenvalue weighted by Gasteiger charge is -2.40. The van der Waals surface area contributed by atoms with Crippen molar-refractivity contribution < 1.29 is 9.90 Å². The summed E-state index contributed by atoms with van der Waals surface area (Å²) in [6.07, 6.45) is 2.56. The molecule has 3 aliphatic rings. The number of fused-ring (bicyclic) bond motifs is 1. The molecule has 162 valence electrons. The Bertz CT molecular complexity index is 830. The SMILES string of the molecule is CN1CCC[C@H]1CSc1nc2c(c(N3CCN(C(=O)O)[C@@H](CC#N)C3)n1)CCNC2. The van der Waals surface area contributed by atoms with Crippen LogP contribution in [0.3, 0.4) is 0 Å². The molecule has 0 aliphatic carbocycles. The van der Waals surface area contributed by atoms with Gasteiger partial charge in [-0.05, 0) is 39.4 Å². The van der Waals surface area contributed by atoms with E-state index < -0.39 is 6.09 Å². The number of hydrogen-bond donors (Lipinski definition) is 2.